The van der Waals surface area contributed by atoms with Crippen molar-refractivity contribution >= 4 is 17.6 Å². The molecule has 4 aromatic rings. The summed E-state index contributed by atoms with van der Waals surface area (Å²) in [5.41, 5.74) is 4.01. The maximum absolute atomic E-state index is 12.8. The predicted molar refractivity (Wildman–Crippen MR) is 165 cm³/mol. The molecule has 0 spiro atoms. The number of benzene rings is 1. The van der Waals surface area contributed by atoms with Gasteiger partial charge in [0.15, 0.2) is 5.82 Å². The number of piperidine rings is 1. The van der Waals surface area contributed by atoms with Crippen LogP contribution in [-0.2, 0) is 22.5 Å². The van der Waals surface area contributed by atoms with Crippen LogP contribution < -0.4 is 5.32 Å². The maximum atomic E-state index is 12.8. The molecule has 6 rings (SSSR count). The van der Waals surface area contributed by atoms with Gasteiger partial charge >= 0.3 is 5.97 Å². The van der Waals surface area contributed by atoms with Crippen molar-refractivity contribution in [2.75, 3.05) is 38.5 Å². The number of esters is 1. The number of carbonyl (C=O) groups is 1. The minimum Gasteiger partial charge on any atom is -0.461 e. The van der Waals surface area contributed by atoms with Gasteiger partial charge in [0.05, 0.1) is 5.92 Å². The zero-order valence-corrected chi connectivity index (χ0v) is 24.8. The van der Waals surface area contributed by atoms with E-state index in [4.69, 9.17) is 9.72 Å². The molecule has 0 saturated carbocycles. The lowest BCUT2D eigenvalue weighted by atomic mass is 9.97. The standard InChI is InChI=1S/C33H38N8O2/c1-23-5-3-7-28(36-23)32-35-16-13-30(39-32)37-29-12-15-34-31(38-29)19-24-8-10-25(11-9-24)20-41-17-4-6-26(21-41)33(42)43-27-14-18-40(2)22-27/h3,5,7-13,15-16,26-27H,4,6,14,17-22H2,1-2H3,(H,34,35,37,38,39). The SMILES string of the molecule is Cc1cccc(-c2nccc(Nc3ccnc(Cc4ccc(CN5CCCC(C(=O)OC6CCN(C)C6)C5)cc4)n3)n2)n1. The highest BCUT2D eigenvalue weighted by Crippen LogP contribution is 2.23. The fourth-order valence-corrected chi connectivity index (χ4v) is 5.75. The molecule has 1 aromatic carbocycles. The lowest BCUT2D eigenvalue weighted by Crippen LogP contribution is -2.40. The van der Waals surface area contributed by atoms with E-state index in [1.807, 2.05) is 37.3 Å². The zero-order chi connectivity index (χ0) is 29.6. The summed E-state index contributed by atoms with van der Waals surface area (Å²) >= 11 is 0. The summed E-state index contributed by atoms with van der Waals surface area (Å²) in [4.78, 5) is 40.1. The third-order valence-corrected chi connectivity index (χ3v) is 8.00. The number of likely N-dealkylation sites (N-methyl/N-ethyl adjacent to an activating group) is 1. The Labute approximate surface area is 252 Å². The van der Waals surface area contributed by atoms with E-state index in [1.165, 1.54) is 5.56 Å². The molecular weight excluding hydrogens is 540 g/mol. The number of aromatic nitrogens is 5. The molecule has 5 heterocycles. The Morgan fingerprint density at radius 3 is 2.49 bits per heavy atom. The molecule has 2 aliphatic rings. The smallest absolute Gasteiger partial charge is 0.310 e. The van der Waals surface area contributed by atoms with Gasteiger partial charge in [-0.2, -0.15) is 0 Å². The summed E-state index contributed by atoms with van der Waals surface area (Å²) in [5.74, 6) is 2.52. The van der Waals surface area contributed by atoms with Crippen LogP contribution in [0.1, 0.15) is 41.9 Å². The predicted octanol–water partition coefficient (Wildman–Crippen LogP) is 4.43. The molecule has 2 unspecified atom stereocenters. The van der Waals surface area contributed by atoms with Crippen molar-refractivity contribution in [1.82, 2.24) is 34.7 Å². The first-order valence-electron chi connectivity index (χ1n) is 15.0. The van der Waals surface area contributed by atoms with E-state index in [1.54, 1.807) is 12.4 Å². The molecule has 0 radical (unpaired) electrons. The first kappa shape index (κ1) is 28.8. The highest BCUT2D eigenvalue weighted by molar-refractivity contribution is 5.73. The third kappa shape index (κ3) is 7.77. The van der Waals surface area contributed by atoms with Crippen molar-refractivity contribution in [3.8, 4) is 11.5 Å². The van der Waals surface area contributed by atoms with Crippen LogP contribution in [0.5, 0.6) is 0 Å². The Morgan fingerprint density at radius 1 is 0.907 bits per heavy atom. The lowest BCUT2D eigenvalue weighted by molar-refractivity contribution is -0.155. The number of pyridine rings is 1. The van der Waals surface area contributed by atoms with Crippen LogP contribution in [0.2, 0.25) is 0 Å². The fraction of sp³-hybridized carbons (Fsp3) is 0.394. The summed E-state index contributed by atoms with van der Waals surface area (Å²) in [6, 6.07) is 18.0. The minimum absolute atomic E-state index is 0.0273. The number of likely N-dealkylation sites (tertiary alicyclic amines) is 2. The Morgan fingerprint density at radius 2 is 1.70 bits per heavy atom. The molecule has 3 aromatic heterocycles. The second-order valence-electron chi connectivity index (χ2n) is 11.6. The van der Waals surface area contributed by atoms with Crippen LogP contribution in [0, 0.1) is 12.8 Å². The molecule has 10 nitrogen and oxygen atoms in total. The summed E-state index contributed by atoms with van der Waals surface area (Å²) in [6.45, 7) is 6.37. The molecule has 2 saturated heterocycles. The van der Waals surface area contributed by atoms with E-state index >= 15 is 0 Å². The van der Waals surface area contributed by atoms with Gasteiger partial charge in [-0.25, -0.2) is 24.9 Å². The summed E-state index contributed by atoms with van der Waals surface area (Å²) in [7, 11) is 2.07. The molecule has 2 aliphatic heterocycles. The van der Waals surface area contributed by atoms with Crippen LogP contribution in [0.25, 0.3) is 11.5 Å². The molecule has 222 valence electrons. The Kier molecular flexibility index (Phi) is 8.95. The van der Waals surface area contributed by atoms with Crippen molar-refractivity contribution in [1.29, 1.82) is 0 Å². The summed E-state index contributed by atoms with van der Waals surface area (Å²) in [6.07, 6.45) is 6.99. The van der Waals surface area contributed by atoms with Crippen molar-refractivity contribution < 1.29 is 9.53 Å². The first-order valence-corrected chi connectivity index (χ1v) is 15.0. The molecule has 43 heavy (non-hydrogen) atoms. The van der Waals surface area contributed by atoms with Crippen molar-refractivity contribution in [2.24, 2.45) is 5.92 Å². The van der Waals surface area contributed by atoms with Crippen molar-refractivity contribution in [3.63, 3.8) is 0 Å². The second-order valence-corrected chi connectivity index (χ2v) is 11.6. The maximum Gasteiger partial charge on any atom is 0.310 e. The number of anilines is 2. The van der Waals surface area contributed by atoms with Crippen molar-refractivity contribution in [3.05, 3.63) is 89.6 Å². The summed E-state index contributed by atoms with van der Waals surface area (Å²) in [5, 5.41) is 3.27. The highest BCUT2D eigenvalue weighted by atomic mass is 16.5. The number of hydrogen-bond donors (Lipinski definition) is 1. The van der Waals surface area contributed by atoms with E-state index in [0.29, 0.717) is 23.9 Å². The van der Waals surface area contributed by atoms with E-state index in [0.717, 1.165) is 74.8 Å². The quantitative estimate of drug-likeness (QED) is 0.287. The van der Waals surface area contributed by atoms with E-state index < -0.39 is 0 Å². The van der Waals surface area contributed by atoms with Crippen LogP contribution in [0.3, 0.4) is 0 Å². The average molecular weight is 579 g/mol. The summed E-state index contributed by atoms with van der Waals surface area (Å²) < 4.78 is 5.83. The molecule has 2 atom stereocenters. The zero-order valence-electron chi connectivity index (χ0n) is 24.8. The lowest BCUT2D eigenvalue weighted by Gasteiger charge is -2.32. The van der Waals surface area contributed by atoms with E-state index in [2.05, 4.69) is 66.4 Å². The van der Waals surface area contributed by atoms with Crippen LogP contribution in [0.4, 0.5) is 11.6 Å². The largest absolute Gasteiger partial charge is 0.461 e. The number of nitrogens with one attached hydrogen (secondary N) is 1. The highest BCUT2D eigenvalue weighted by Gasteiger charge is 2.30. The van der Waals surface area contributed by atoms with Gasteiger partial charge in [0.2, 0.25) is 0 Å². The first-order chi connectivity index (χ1) is 21.0. The number of rotatable bonds is 9. The van der Waals surface area contributed by atoms with E-state index in [-0.39, 0.29) is 18.0 Å². The van der Waals surface area contributed by atoms with Gasteiger partial charge in [-0.1, -0.05) is 30.3 Å². The van der Waals surface area contributed by atoms with Crippen LogP contribution in [-0.4, -0.2) is 80.0 Å². The number of hydrogen-bond acceptors (Lipinski definition) is 10. The molecule has 2 fully saturated rings. The van der Waals surface area contributed by atoms with Gasteiger partial charge in [0.25, 0.3) is 0 Å². The van der Waals surface area contributed by atoms with Gasteiger partial charge in [-0.15, -0.1) is 0 Å². The fourth-order valence-electron chi connectivity index (χ4n) is 5.75. The van der Waals surface area contributed by atoms with Crippen LogP contribution >= 0.6 is 0 Å². The van der Waals surface area contributed by atoms with Gasteiger partial charge < -0.3 is 15.0 Å². The van der Waals surface area contributed by atoms with E-state index in [9.17, 15) is 4.79 Å². The number of ether oxygens (including phenoxy) is 1. The minimum atomic E-state index is -0.0369. The monoisotopic (exact) mass is 578 g/mol. The molecule has 0 aliphatic carbocycles. The molecule has 1 N–H and O–H groups in total. The van der Waals surface area contributed by atoms with Crippen molar-refractivity contribution in [2.45, 2.75) is 45.3 Å². The molecule has 10 heteroatoms. The molecular formula is C33H38N8O2. The van der Waals surface area contributed by atoms with Gasteiger partial charge in [-0.3, -0.25) is 9.69 Å². The van der Waals surface area contributed by atoms with Gasteiger partial charge in [0.1, 0.15) is 29.3 Å². The Hall–Kier alpha value is -4.28. The average Bonchev–Trinajstić information content (AvgIpc) is 3.43. The Balaban J connectivity index is 1.03. The normalized spacial score (nSPS) is 19.3. The Bertz CT molecular complexity index is 1550. The molecule has 0 amide bonds. The van der Waals surface area contributed by atoms with Gasteiger partial charge in [-0.05, 0) is 75.2 Å². The molecule has 0 bridgehead atoms. The second kappa shape index (κ2) is 13.4. The van der Waals surface area contributed by atoms with Gasteiger partial charge in [0, 0.05) is 50.7 Å². The van der Waals surface area contributed by atoms with Crippen LogP contribution in [0.15, 0.2) is 67.0 Å². The third-order valence-electron chi connectivity index (χ3n) is 8.00. The number of carbonyl (C=O) groups excluding carboxylic acids is 1. The topological polar surface area (TPSA) is 109 Å². The number of aryl methyl sites for hydroxylation is 1. The number of nitrogens with zero attached hydrogens (tertiary/aromatic N) is 7.